The lowest BCUT2D eigenvalue weighted by Gasteiger charge is -2.38. The predicted molar refractivity (Wildman–Crippen MR) is 342 cm³/mol. The van der Waals surface area contributed by atoms with Gasteiger partial charge in [0.25, 0.3) is 0 Å². The first-order valence-corrected chi connectivity index (χ1v) is 40.7. The van der Waals surface area contributed by atoms with Gasteiger partial charge in [0.1, 0.15) is 0 Å². The Morgan fingerprint density at radius 1 is 0.585 bits per heavy atom. The molecule has 2 aromatic rings. The van der Waals surface area contributed by atoms with E-state index in [2.05, 4.69) is 129 Å². The minimum atomic E-state index is -3.49. The summed E-state index contributed by atoms with van der Waals surface area (Å²) in [6.45, 7) is 48.5. The molecule has 4 saturated heterocycles. The Morgan fingerprint density at radius 3 is 1.27 bits per heavy atom. The van der Waals surface area contributed by atoms with E-state index in [0.717, 1.165) is 62.5 Å². The van der Waals surface area contributed by atoms with Crippen molar-refractivity contribution >= 4 is 36.3 Å². The second-order valence-corrected chi connectivity index (χ2v) is 42.6. The van der Waals surface area contributed by atoms with Crippen LogP contribution in [0.5, 0.6) is 0 Å². The van der Waals surface area contributed by atoms with E-state index in [1.54, 1.807) is 48.5 Å². The number of sulfone groups is 2. The molecule has 0 aliphatic carbocycles. The summed E-state index contributed by atoms with van der Waals surface area (Å²) in [5.41, 5.74) is 2.18. The molecule has 6 rings (SSSR count). The molecule has 2 unspecified atom stereocenters. The third kappa shape index (κ3) is 19.5. The molecule has 0 saturated carbocycles. The maximum absolute atomic E-state index is 13.6. The zero-order chi connectivity index (χ0) is 61.2. The fourth-order valence-corrected chi connectivity index (χ4v) is 17.9. The Labute approximate surface area is 502 Å². The monoisotopic (exact) mass is 1210 g/mol. The van der Waals surface area contributed by atoms with Crippen LogP contribution in [0, 0.1) is 47.3 Å². The highest BCUT2D eigenvalue weighted by atomic mass is 32.2. The van der Waals surface area contributed by atoms with Crippen LogP contribution < -0.4 is 0 Å². The number of ether oxygens (including phenoxy) is 4. The van der Waals surface area contributed by atoms with Crippen LogP contribution in [-0.4, -0.2) is 119 Å². The molecule has 4 fully saturated rings. The van der Waals surface area contributed by atoms with Crippen LogP contribution in [0.3, 0.4) is 0 Å². The topological polar surface area (TPSA) is 144 Å². The van der Waals surface area contributed by atoms with Gasteiger partial charge in [-0.3, -0.25) is 0 Å². The number of aliphatic hydroxyl groups is 1. The van der Waals surface area contributed by atoms with Crippen molar-refractivity contribution in [2.45, 2.75) is 256 Å². The normalized spacial score (nSPS) is 30.5. The molecule has 16 atom stereocenters. The molecule has 0 spiro atoms. The van der Waals surface area contributed by atoms with Gasteiger partial charge in [-0.2, -0.15) is 0 Å². The van der Waals surface area contributed by atoms with Crippen molar-refractivity contribution in [3.63, 3.8) is 0 Å². The average Bonchev–Trinajstić information content (AvgIpc) is 4.08. The smallest absolute Gasteiger partial charge is 0.191 e. The first-order chi connectivity index (χ1) is 38.1. The molecule has 0 radical (unpaired) electrons. The van der Waals surface area contributed by atoms with Gasteiger partial charge in [0, 0.05) is 44.5 Å². The van der Waals surface area contributed by atoms with Crippen molar-refractivity contribution in [1.29, 1.82) is 0 Å². The van der Waals surface area contributed by atoms with E-state index in [0.29, 0.717) is 65.9 Å². The summed E-state index contributed by atoms with van der Waals surface area (Å²) in [7, 11) is -10.6. The molecule has 0 aromatic heterocycles. The van der Waals surface area contributed by atoms with Gasteiger partial charge in [-0.25, -0.2) is 16.8 Å². The Hall–Kier alpha value is -2.03. The van der Waals surface area contributed by atoms with Gasteiger partial charge in [-0.1, -0.05) is 152 Å². The standard InChI is InChI=1S/C34H58O5SSi.C33H56O6SSi/c1-11-12-16-28-20-25(3)26(4)32(38-28)21-33-30(23-40(35,36)29-17-14-13-15-18-29)27(5)31(39-33)19-24(2)22-37-41(9,10)34(6,7)8;1-23(21-37-41(8,9)33(5,6)7)18-30-26(4)29(22-40(35,36)28-15-11-10-12-16-28)32(39-30)20-31-25(3)24(2)19-27(38-31)14-13-17-34/h13-15,17-18,24-25,27-28,30-33H,4,11-12,16,19-23H2,1-3,5-10H3;10-12,15-16,23-24,26-27,29-32,34H,3,13-14,17-22H2,1-2,4-9H3/t24-,25+,27+,28-,30+,31+,32?,33-;23-,24+,26+,27-,29+,30+,31?,32-/m00/s1. The molecule has 0 bridgehead atoms. The third-order valence-electron chi connectivity index (χ3n) is 20.0. The van der Waals surface area contributed by atoms with Gasteiger partial charge in [-0.05, 0) is 152 Å². The van der Waals surface area contributed by atoms with E-state index in [9.17, 15) is 21.9 Å². The summed E-state index contributed by atoms with van der Waals surface area (Å²) in [4.78, 5) is 0.749. The number of benzene rings is 2. The SMILES string of the molecule is C=C1C(C[C@@H]2O[C@H](C[C@H](C)CO[Si](C)(C)C(C)(C)C)[C@H](C)[C@H]2CS(=O)(=O)c2ccccc2)O[C@@H](CCCC)C[C@H]1C.C=C1C(C[C@@H]2O[C@H](C[C@H](C)CO[Si](C)(C)C(C)(C)C)[C@H](C)[C@H]2CS(=O)(=O)c2ccccc2)O[C@@H](CCCO)C[C@H]1C. The zero-order valence-corrected chi connectivity index (χ0v) is 57.7. The van der Waals surface area contributed by atoms with Gasteiger partial charge in [-0.15, -0.1) is 0 Å². The van der Waals surface area contributed by atoms with Crippen LogP contribution in [0.15, 0.2) is 94.8 Å². The number of rotatable bonds is 26. The maximum Gasteiger partial charge on any atom is 0.191 e. The Bertz CT molecular complexity index is 2340. The number of unbranched alkanes of at least 4 members (excludes halogenated alkanes) is 1. The zero-order valence-electron chi connectivity index (χ0n) is 54.1. The van der Waals surface area contributed by atoms with Crippen molar-refractivity contribution in [2.24, 2.45) is 47.3 Å². The molecule has 1 N–H and O–H groups in total. The Morgan fingerprint density at radius 2 is 0.939 bits per heavy atom. The largest absolute Gasteiger partial charge is 0.417 e. The highest BCUT2D eigenvalue weighted by Gasteiger charge is 2.49. The summed E-state index contributed by atoms with van der Waals surface area (Å²) < 4.78 is 94.0. The first kappa shape index (κ1) is 70.7. The van der Waals surface area contributed by atoms with Gasteiger partial charge in [0.15, 0.2) is 36.3 Å². The summed E-state index contributed by atoms with van der Waals surface area (Å²) in [6.07, 6.45) is 9.28. The van der Waals surface area contributed by atoms with E-state index in [-0.39, 0.29) is 101 Å². The first-order valence-electron chi connectivity index (χ1n) is 31.5. The molecule has 15 heteroatoms. The van der Waals surface area contributed by atoms with Crippen molar-refractivity contribution in [3.05, 3.63) is 85.0 Å². The van der Waals surface area contributed by atoms with E-state index in [4.69, 9.17) is 27.8 Å². The molecular formula is C67H114O11S2Si2. The molecule has 4 aliphatic heterocycles. The number of hydrogen-bond acceptors (Lipinski definition) is 11. The highest BCUT2D eigenvalue weighted by Crippen LogP contribution is 2.46. The van der Waals surface area contributed by atoms with Crippen LogP contribution >= 0.6 is 0 Å². The van der Waals surface area contributed by atoms with Crippen LogP contribution in [0.2, 0.25) is 36.3 Å². The van der Waals surface area contributed by atoms with Gasteiger partial charge < -0.3 is 32.9 Å². The van der Waals surface area contributed by atoms with Gasteiger partial charge in [0.05, 0.1) is 70.1 Å². The van der Waals surface area contributed by atoms with Crippen LogP contribution in [0.1, 0.15) is 161 Å². The van der Waals surface area contributed by atoms with E-state index in [1.807, 2.05) is 12.1 Å². The molecule has 82 heavy (non-hydrogen) atoms. The summed E-state index contributed by atoms with van der Waals surface area (Å²) in [5.74, 6) is 1.39. The number of aliphatic hydroxyl groups excluding tert-OH is 1. The van der Waals surface area contributed by atoms with Gasteiger partial charge >= 0.3 is 0 Å². The molecule has 0 amide bonds. The maximum atomic E-state index is 13.6. The van der Waals surface area contributed by atoms with Crippen molar-refractivity contribution in [2.75, 3.05) is 31.3 Å². The molecule has 468 valence electrons. The molecule has 11 nitrogen and oxygen atoms in total. The van der Waals surface area contributed by atoms with E-state index in [1.165, 1.54) is 0 Å². The Kier molecular flexibility index (Phi) is 26.1. The average molecular weight is 1220 g/mol. The Balaban J connectivity index is 0.000000301. The van der Waals surface area contributed by atoms with E-state index < -0.39 is 36.3 Å². The second-order valence-electron chi connectivity index (χ2n) is 28.9. The van der Waals surface area contributed by atoms with Crippen molar-refractivity contribution < 1.29 is 49.7 Å². The lowest BCUT2D eigenvalue weighted by Crippen LogP contribution is -2.42. The van der Waals surface area contributed by atoms with Crippen LogP contribution in [-0.2, 0) is 47.5 Å². The molecule has 4 aliphatic rings. The lowest BCUT2D eigenvalue weighted by atomic mass is 9.81. The second kappa shape index (κ2) is 30.3. The summed E-state index contributed by atoms with van der Waals surface area (Å²) >= 11 is 0. The summed E-state index contributed by atoms with van der Waals surface area (Å²) in [6, 6.07) is 17.6. The van der Waals surface area contributed by atoms with E-state index >= 15 is 0 Å². The minimum absolute atomic E-state index is 0.0147. The van der Waals surface area contributed by atoms with Crippen LogP contribution in [0.4, 0.5) is 0 Å². The lowest BCUT2D eigenvalue weighted by molar-refractivity contribution is -0.0713. The van der Waals surface area contributed by atoms with Crippen molar-refractivity contribution in [1.82, 2.24) is 0 Å². The summed E-state index contributed by atoms with van der Waals surface area (Å²) in [5, 5.41) is 9.66. The van der Waals surface area contributed by atoms with Crippen LogP contribution in [0.25, 0.3) is 0 Å². The number of hydrogen-bond donors (Lipinski definition) is 1. The van der Waals surface area contributed by atoms with Gasteiger partial charge in [0.2, 0.25) is 0 Å². The fourth-order valence-electron chi connectivity index (χ4n) is 12.1. The molecule has 2 aromatic carbocycles. The third-order valence-corrected chi connectivity index (χ3v) is 32.7. The fraction of sp³-hybridized carbons (Fsp3) is 0.761. The molecular weight excluding hydrogens is 1100 g/mol. The minimum Gasteiger partial charge on any atom is -0.417 e. The predicted octanol–water partition coefficient (Wildman–Crippen LogP) is 15.5. The van der Waals surface area contributed by atoms with Crippen molar-refractivity contribution in [3.8, 4) is 0 Å². The quantitative estimate of drug-likeness (QED) is 0.0710. The highest BCUT2D eigenvalue weighted by molar-refractivity contribution is 7.91. The molecule has 4 heterocycles.